The first-order chi connectivity index (χ1) is 8.83. The molecular formula is C14H20N2O3. The Morgan fingerprint density at radius 3 is 2.53 bits per heavy atom. The molecule has 0 spiro atoms. The van der Waals surface area contributed by atoms with E-state index in [0.717, 1.165) is 0 Å². The van der Waals surface area contributed by atoms with E-state index in [1.165, 1.54) is 13.3 Å². The number of hydrogen-bond acceptors (Lipinski definition) is 4. The van der Waals surface area contributed by atoms with Gasteiger partial charge in [0, 0.05) is 6.20 Å². The third-order valence-electron chi connectivity index (χ3n) is 2.51. The molecule has 0 radical (unpaired) electrons. The number of esters is 1. The average Bonchev–Trinajstić information content (AvgIpc) is 2.36. The van der Waals surface area contributed by atoms with E-state index >= 15 is 0 Å². The number of aromatic nitrogens is 1. The largest absolute Gasteiger partial charge is 0.467 e. The fourth-order valence-corrected chi connectivity index (χ4v) is 1.68. The van der Waals surface area contributed by atoms with Gasteiger partial charge in [0.25, 0.3) is 5.91 Å². The van der Waals surface area contributed by atoms with Crippen molar-refractivity contribution < 1.29 is 14.3 Å². The van der Waals surface area contributed by atoms with Gasteiger partial charge in [-0.15, -0.1) is 0 Å². The number of nitrogens with one attached hydrogen (secondary N) is 1. The van der Waals surface area contributed by atoms with Crippen molar-refractivity contribution in [3.63, 3.8) is 0 Å². The fraction of sp³-hybridized carbons (Fsp3) is 0.500. The predicted molar refractivity (Wildman–Crippen MR) is 71.6 cm³/mol. The molecule has 1 aromatic heterocycles. The Morgan fingerprint density at radius 1 is 1.37 bits per heavy atom. The van der Waals surface area contributed by atoms with Crippen LogP contribution < -0.4 is 5.32 Å². The van der Waals surface area contributed by atoms with Crippen molar-refractivity contribution >= 4 is 11.9 Å². The van der Waals surface area contributed by atoms with Crippen molar-refractivity contribution in [2.45, 2.75) is 33.2 Å². The van der Waals surface area contributed by atoms with Crippen molar-refractivity contribution in [3.05, 3.63) is 30.1 Å². The number of amides is 1. The number of nitrogens with zero attached hydrogens (tertiary/aromatic N) is 1. The molecule has 0 fully saturated rings. The van der Waals surface area contributed by atoms with Crippen LogP contribution in [-0.2, 0) is 9.53 Å². The highest BCUT2D eigenvalue weighted by atomic mass is 16.5. The molecule has 0 unspecified atom stereocenters. The molecule has 0 aliphatic heterocycles. The molecule has 1 N–H and O–H groups in total. The second-order valence-electron chi connectivity index (χ2n) is 5.53. The first-order valence-electron chi connectivity index (χ1n) is 6.13. The van der Waals surface area contributed by atoms with Gasteiger partial charge in [0.2, 0.25) is 0 Å². The molecule has 19 heavy (non-hydrogen) atoms. The molecule has 1 atom stereocenters. The zero-order chi connectivity index (χ0) is 14.5. The van der Waals surface area contributed by atoms with Crippen LogP contribution in [0.3, 0.4) is 0 Å². The number of ether oxygens (including phenoxy) is 1. The Hall–Kier alpha value is -1.91. The maximum absolute atomic E-state index is 12.0. The summed E-state index contributed by atoms with van der Waals surface area (Å²) in [4.78, 5) is 27.6. The lowest BCUT2D eigenvalue weighted by Crippen LogP contribution is -2.44. The number of carbonyl (C=O) groups excluding carboxylic acids is 2. The molecule has 1 rings (SSSR count). The van der Waals surface area contributed by atoms with E-state index < -0.39 is 12.0 Å². The zero-order valence-electron chi connectivity index (χ0n) is 11.8. The van der Waals surface area contributed by atoms with E-state index in [1.54, 1.807) is 18.2 Å². The summed E-state index contributed by atoms with van der Waals surface area (Å²) < 4.78 is 4.72. The minimum atomic E-state index is -0.667. The van der Waals surface area contributed by atoms with E-state index in [9.17, 15) is 9.59 Å². The monoisotopic (exact) mass is 264 g/mol. The average molecular weight is 264 g/mol. The summed E-state index contributed by atoms with van der Waals surface area (Å²) in [5, 5.41) is 2.66. The first kappa shape index (κ1) is 15.1. The van der Waals surface area contributed by atoms with E-state index in [0.29, 0.717) is 6.42 Å². The van der Waals surface area contributed by atoms with Gasteiger partial charge >= 0.3 is 5.97 Å². The fourth-order valence-electron chi connectivity index (χ4n) is 1.68. The second kappa shape index (κ2) is 6.31. The van der Waals surface area contributed by atoms with Crippen LogP contribution in [0, 0.1) is 5.41 Å². The molecule has 0 aromatic carbocycles. The van der Waals surface area contributed by atoms with Gasteiger partial charge in [0.1, 0.15) is 11.7 Å². The van der Waals surface area contributed by atoms with Gasteiger partial charge in [0.15, 0.2) is 0 Å². The van der Waals surface area contributed by atoms with Crippen molar-refractivity contribution in [1.82, 2.24) is 10.3 Å². The molecule has 5 nitrogen and oxygen atoms in total. The number of rotatable bonds is 4. The van der Waals surface area contributed by atoms with Crippen molar-refractivity contribution in [2.24, 2.45) is 5.41 Å². The molecule has 5 heteroatoms. The zero-order valence-corrected chi connectivity index (χ0v) is 11.8. The van der Waals surface area contributed by atoms with Crippen molar-refractivity contribution in [3.8, 4) is 0 Å². The SMILES string of the molecule is COC(=O)[C@H](CC(C)(C)C)NC(=O)c1ccccn1. The van der Waals surface area contributed by atoms with E-state index in [-0.39, 0.29) is 17.0 Å². The number of carbonyl (C=O) groups is 2. The van der Waals surface area contributed by atoms with Gasteiger partial charge < -0.3 is 10.1 Å². The Kier molecular flexibility index (Phi) is 5.03. The van der Waals surface area contributed by atoms with Gasteiger partial charge in [-0.2, -0.15) is 0 Å². The summed E-state index contributed by atoms with van der Waals surface area (Å²) in [6.45, 7) is 5.99. The highest BCUT2D eigenvalue weighted by Gasteiger charge is 2.27. The lowest BCUT2D eigenvalue weighted by molar-refractivity contribution is -0.143. The smallest absolute Gasteiger partial charge is 0.328 e. The minimum Gasteiger partial charge on any atom is -0.467 e. The topological polar surface area (TPSA) is 68.3 Å². The summed E-state index contributed by atoms with van der Waals surface area (Å²) >= 11 is 0. The van der Waals surface area contributed by atoms with Crippen molar-refractivity contribution in [2.75, 3.05) is 7.11 Å². The maximum atomic E-state index is 12.0. The molecule has 0 saturated carbocycles. The Balaban J connectivity index is 2.78. The number of pyridine rings is 1. The number of methoxy groups -OCH3 is 1. The summed E-state index contributed by atoms with van der Waals surface area (Å²) in [5.41, 5.74) is 0.182. The molecule has 1 amide bonds. The quantitative estimate of drug-likeness (QED) is 0.842. The van der Waals surface area contributed by atoms with Gasteiger partial charge in [-0.1, -0.05) is 26.8 Å². The van der Waals surface area contributed by atoms with E-state index in [2.05, 4.69) is 10.3 Å². The Morgan fingerprint density at radius 2 is 2.05 bits per heavy atom. The van der Waals surface area contributed by atoms with Crippen LogP contribution in [0.15, 0.2) is 24.4 Å². The van der Waals surface area contributed by atoms with Crippen LogP contribution in [0.4, 0.5) is 0 Å². The Labute approximate surface area is 113 Å². The minimum absolute atomic E-state index is 0.101. The molecule has 0 aliphatic carbocycles. The predicted octanol–water partition coefficient (Wildman–Crippen LogP) is 1.79. The second-order valence-corrected chi connectivity index (χ2v) is 5.53. The maximum Gasteiger partial charge on any atom is 0.328 e. The molecule has 1 aromatic rings. The summed E-state index contributed by atoms with van der Waals surface area (Å²) in [6.07, 6.45) is 2.03. The normalized spacial score (nSPS) is 12.6. The highest BCUT2D eigenvalue weighted by molar-refractivity contribution is 5.95. The van der Waals surface area contributed by atoms with Crippen molar-refractivity contribution in [1.29, 1.82) is 0 Å². The molecule has 104 valence electrons. The van der Waals surface area contributed by atoms with Gasteiger partial charge in [-0.3, -0.25) is 9.78 Å². The highest BCUT2D eigenvalue weighted by Crippen LogP contribution is 2.21. The van der Waals surface area contributed by atoms with Crippen LogP contribution in [0.2, 0.25) is 0 Å². The standard InChI is InChI=1S/C14H20N2O3/c1-14(2,3)9-11(13(18)19-4)16-12(17)10-7-5-6-8-15-10/h5-8,11H,9H2,1-4H3,(H,16,17)/t11-/m0/s1. The van der Waals surface area contributed by atoms with Crippen LogP contribution in [0.5, 0.6) is 0 Å². The lowest BCUT2D eigenvalue weighted by atomic mass is 9.88. The van der Waals surface area contributed by atoms with Gasteiger partial charge in [0.05, 0.1) is 7.11 Å². The van der Waals surface area contributed by atoms with Crippen LogP contribution in [-0.4, -0.2) is 30.0 Å². The molecular weight excluding hydrogens is 244 g/mol. The van der Waals surface area contributed by atoms with Crippen LogP contribution in [0.1, 0.15) is 37.7 Å². The van der Waals surface area contributed by atoms with Crippen LogP contribution in [0.25, 0.3) is 0 Å². The molecule has 1 heterocycles. The summed E-state index contributed by atoms with van der Waals surface area (Å²) in [5.74, 6) is -0.820. The number of hydrogen-bond donors (Lipinski definition) is 1. The first-order valence-corrected chi connectivity index (χ1v) is 6.13. The van der Waals surface area contributed by atoms with Gasteiger partial charge in [-0.05, 0) is 24.0 Å². The third-order valence-corrected chi connectivity index (χ3v) is 2.51. The van der Waals surface area contributed by atoms with E-state index in [4.69, 9.17) is 4.74 Å². The molecule has 0 saturated heterocycles. The molecule has 0 aliphatic rings. The Bertz CT molecular complexity index is 438. The van der Waals surface area contributed by atoms with Gasteiger partial charge in [-0.25, -0.2) is 4.79 Å². The van der Waals surface area contributed by atoms with E-state index in [1.807, 2.05) is 20.8 Å². The summed E-state index contributed by atoms with van der Waals surface area (Å²) in [6, 6.07) is 4.38. The molecule has 0 bridgehead atoms. The third kappa shape index (κ3) is 5.07. The van der Waals surface area contributed by atoms with Crippen LogP contribution >= 0.6 is 0 Å². The summed E-state index contributed by atoms with van der Waals surface area (Å²) in [7, 11) is 1.31. The lowest BCUT2D eigenvalue weighted by Gasteiger charge is -2.24.